The smallest absolute Gasteiger partial charge is 0.369 e. The molecule has 1 aliphatic rings. The fraction of sp³-hybridized carbons (Fsp3) is 0.353. The zero-order valence-electron chi connectivity index (χ0n) is 13.5. The largest absolute Gasteiger partial charge is 0.504 e. The molecule has 0 fully saturated rings. The van der Waals surface area contributed by atoms with E-state index in [1.165, 1.54) is 12.1 Å². The van der Waals surface area contributed by atoms with E-state index in [0.717, 1.165) is 0 Å². The molecule has 0 aliphatic carbocycles. The summed E-state index contributed by atoms with van der Waals surface area (Å²) in [6, 6.07) is 5.94. The van der Waals surface area contributed by atoms with Gasteiger partial charge in [-0.3, -0.25) is 4.79 Å². The van der Waals surface area contributed by atoms with Crippen molar-refractivity contribution in [3.05, 3.63) is 34.5 Å². The molecule has 0 saturated carbocycles. The van der Waals surface area contributed by atoms with Crippen molar-refractivity contribution in [2.45, 2.75) is 33.7 Å². The number of benzene rings is 1. The summed E-state index contributed by atoms with van der Waals surface area (Å²) in [4.78, 5) is 12.1. The van der Waals surface area contributed by atoms with E-state index >= 15 is 0 Å². The molecule has 0 aromatic heterocycles. The van der Waals surface area contributed by atoms with Crippen molar-refractivity contribution in [1.29, 1.82) is 0 Å². The van der Waals surface area contributed by atoms with Crippen molar-refractivity contribution in [3.63, 3.8) is 0 Å². The maximum absolute atomic E-state index is 12.1. The van der Waals surface area contributed by atoms with Gasteiger partial charge in [0.1, 0.15) is 0 Å². The zero-order chi connectivity index (χ0) is 17.2. The van der Waals surface area contributed by atoms with Crippen molar-refractivity contribution in [2.24, 2.45) is 0 Å². The highest BCUT2D eigenvalue weighted by Gasteiger charge is 2.40. The van der Waals surface area contributed by atoms with Gasteiger partial charge in [0.05, 0.1) is 12.0 Å². The Morgan fingerprint density at radius 1 is 1.22 bits per heavy atom. The van der Waals surface area contributed by atoms with E-state index in [0.29, 0.717) is 12.0 Å². The molecule has 0 bridgehead atoms. The van der Waals surface area contributed by atoms with Crippen molar-refractivity contribution >= 4 is 10.8 Å². The van der Waals surface area contributed by atoms with Gasteiger partial charge in [0.25, 0.3) is 0 Å². The van der Waals surface area contributed by atoms with Crippen LogP contribution >= 0.6 is 0 Å². The average molecular weight is 320 g/mol. The Morgan fingerprint density at radius 2 is 1.91 bits per heavy atom. The second-order valence-electron chi connectivity index (χ2n) is 4.76. The number of fused-ring (bicyclic) bond motifs is 2. The van der Waals surface area contributed by atoms with Crippen molar-refractivity contribution < 1.29 is 24.4 Å². The molecule has 0 radical (unpaired) electrons. The van der Waals surface area contributed by atoms with E-state index < -0.39 is 17.2 Å². The van der Waals surface area contributed by atoms with Crippen LogP contribution in [-0.4, -0.2) is 22.8 Å². The number of rotatable bonds is 2. The molecule has 6 nitrogen and oxygen atoms in total. The van der Waals surface area contributed by atoms with Gasteiger partial charge in [0, 0.05) is 6.92 Å². The molecular weight excluding hydrogens is 300 g/mol. The van der Waals surface area contributed by atoms with Crippen LogP contribution in [0.4, 0.5) is 0 Å². The summed E-state index contributed by atoms with van der Waals surface area (Å²) >= 11 is 0. The molecule has 23 heavy (non-hydrogen) atoms. The second kappa shape index (κ2) is 6.34. The molecule has 6 heteroatoms. The predicted octanol–water partition coefficient (Wildman–Crippen LogP) is 3.12. The molecular formula is C17H20O6. The number of aromatic hydroxyl groups is 2. The molecule has 2 N–H and O–H groups in total. The molecule has 1 aliphatic heterocycles. The predicted molar refractivity (Wildman–Crippen MR) is 86.2 cm³/mol. The van der Waals surface area contributed by atoms with Crippen LogP contribution < -0.4 is 14.9 Å². The van der Waals surface area contributed by atoms with Gasteiger partial charge in [0.2, 0.25) is 11.2 Å². The first kappa shape index (κ1) is 16.9. The normalized spacial score (nSPS) is 18.4. The highest BCUT2D eigenvalue weighted by atomic mass is 16.9. The Kier molecular flexibility index (Phi) is 4.65. The lowest BCUT2D eigenvalue weighted by Crippen LogP contribution is -2.37. The summed E-state index contributed by atoms with van der Waals surface area (Å²) in [6.45, 7) is 7.70. The minimum Gasteiger partial charge on any atom is -0.504 e. The highest BCUT2D eigenvalue weighted by Crippen LogP contribution is 2.48. The SMILES string of the molecule is CC.CCOC1(C)Oc2cc3cccc(O)c(=O)c3c(O)c2O1. The third kappa shape index (κ3) is 2.90. The van der Waals surface area contributed by atoms with Gasteiger partial charge >= 0.3 is 5.97 Å². The number of hydrogen-bond acceptors (Lipinski definition) is 6. The molecule has 1 unspecified atom stereocenters. The quantitative estimate of drug-likeness (QED) is 0.884. The summed E-state index contributed by atoms with van der Waals surface area (Å²) in [5.41, 5.74) is -0.677. The van der Waals surface area contributed by atoms with Gasteiger partial charge < -0.3 is 24.4 Å². The minimum atomic E-state index is -1.35. The summed E-state index contributed by atoms with van der Waals surface area (Å²) in [5.74, 6) is -1.87. The van der Waals surface area contributed by atoms with E-state index in [-0.39, 0.29) is 22.6 Å². The Morgan fingerprint density at radius 3 is 2.57 bits per heavy atom. The van der Waals surface area contributed by atoms with Crippen molar-refractivity contribution in [1.82, 2.24) is 0 Å². The third-order valence-corrected chi connectivity index (χ3v) is 3.23. The van der Waals surface area contributed by atoms with Crippen LogP contribution in [0.1, 0.15) is 27.7 Å². The number of phenolic OH excluding ortho intramolecular Hbond substituents is 1. The van der Waals surface area contributed by atoms with Crippen LogP contribution in [-0.2, 0) is 4.74 Å². The number of hydrogen-bond donors (Lipinski definition) is 2. The van der Waals surface area contributed by atoms with Crippen LogP contribution in [0.2, 0.25) is 0 Å². The van der Waals surface area contributed by atoms with Gasteiger partial charge in [-0.2, -0.15) is 0 Å². The Hall–Kier alpha value is -2.47. The van der Waals surface area contributed by atoms with Gasteiger partial charge in [-0.05, 0) is 24.4 Å². The number of phenols is 1. The summed E-state index contributed by atoms with van der Waals surface area (Å²) < 4.78 is 16.4. The average Bonchev–Trinajstić information content (AvgIpc) is 2.78. The van der Waals surface area contributed by atoms with Crippen LogP contribution in [0.5, 0.6) is 23.0 Å². The summed E-state index contributed by atoms with van der Waals surface area (Å²) in [6.07, 6.45) is 0. The molecule has 1 heterocycles. The summed E-state index contributed by atoms with van der Waals surface area (Å²) in [5, 5.41) is 20.3. The monoisotopic (exact) mass is 320 g/mol. The lowest BCUT2D eigenvalue weighted by Gasteiger charge is -2.21. The zero-order valence-corrected chi connectivity index (χ0v) is 13.5. The third-order valence-electron chi connectivity index (χ3n) is 3.23. The van der Waals surface area contributed by atoms with Crippen LogP contribution in [0.15, 0.2) is 29.1 Å². The van der Waals surface area contributed by atoms with Crippen molar-refractivity contribution in [3.8, 4) is 23.0 Å². The molecule has 0 saturated heterocycles. The molecule has 1 atom stereocenters. The van der Waals surface area contributed by atoms with E-state index in [1.807, 2.05) is 13.8 Å². The standard InChI is InChI=1S/C15H14O6.C2H6/c1-3-19-15(2)20-10-7-8-5-4-6-9(16)12(17)11(8)13(18)14(10)21-15;1-2/h4-7,18H,3H2,1-2H3,(H,16,17);1-2H3. The minimum absolute atomic E-state index is 0.0272. The van der Waals surface area contributed by atoms with Gasteiger partial charge in [0.15, 0.2) is 17.2 Å². The highest BCUT2D eigenvalue weighted by molar-refractivity contribution is 5.93. The first-order valence-electron chi connectivity index (χ1n) is 7.49. The van der Waals surface area contributed by atoms with Crippen molar-refractivity contribution in [2.75, 3.05) is 6.61 Å². The van der Waals surface area contributed by atoms with Gasteiger partial charge in [-0.25, -0.2) is 0 Å². The maximum Gasteiger partial charge on any atom is 0.369 e. The molecule has 2 aromatic carbocycles. The molecule has 0 amide bonds. The maximum atomic E-state index is 12.1. The fourth-order valence-corrected chi connectivity index (χ4v) is 2.36. The Labute approximate surface area is 133 Å². The molecule has 3 rings (SSSR count). The Bertz CT molecular complexity index is 786. The van der Waals surface area contributed by atoms with E-state index in [2.05, 4.69) is 0 Å². The second-order valence-corrected chi connectivity index (χ2v) is 4.76. The van der Waals surface area contributed by atoms with Crippen LogP contribution in [0.25, 0.3) is 10.8 Å². The molecule has 124 valence electrons. The van der Waals surface area contributed by atoms with Gasteiger partial charge in [-0.1, -0.05) is 26.0 Å². The number of ether oxygens (including phenoxy) is 3. The first-order valence-corrected chi connectivity index (χ1v) is 7.49. The van der Waals surface area contributed by atoms with Gasteiger partial charge in [-0.15, -0.1) is 0 Å². The van der Waals surface area contributed by atoms with E-state index in [4.69, 9.17) is 14.2 Å². The van der Waals surface area contributed by atoms with E-state index in [1.54, 1.807) is 26.0 Å². The topological polar surface area (TPSA) is 85.2 Å². The lowest BCUT2D eigenvalue weighted by atomic mass is 10.1. The fourth-order valence-electron chi connectivity index (χ4n) is 2.36. The summed E-state index contributed by atoms with van der Waals surface area (Å²) in [7, 11) is 0. The molecule has 2 aromatic rings. The molecule has 0 spiro atoms. The first-order chi connectivity index (χ1) is 10.9. The Balaban J connectivity index is 0.000000924. The van der Waals surface area contributed by atoms with E-state index in [9.17, 15) is 15.0 Å². The van der Waals surface area contributed by atoms with Crippen LogP contribution in [0.3, 0.4) is 0 Å². The van der Waals surface area contributed by atoms with Crippen LogP contribution in [0, 0.1) is 0 Å². The lowest BCUT2D eigenvalue weighted by molar-refractivity contribution is -0.266.